The SMILES string of the molecule is CCOc1ccc([C@H]2CC(=O)Nc3c2c(C)nn3-c2ccc(Cl)nn2)cc1OC. The van der Waals surface area contributed by atoms with Crippen molar-refractivity contribution >= 4 is 23.3 Å². The zero-order valence-electron chi connectivity index (χ0n) is 16.3. The van der Waals surface area contributed by atoms with Gasteiger partial charge in [-0.25, -0.2) is 0 Å². The van der Waals surface area contributed by atoms with E-state index in [1.807, 2.05) is 32.0 Å². The van der Waals surface area contributed by atoms with Crippen molar-refractivity contribution in [3.63, 3.8) is 0 Å². The van der Waals surface area contributed by atoms with Crippen LogP contribution in [0.4, 0.5) is 5.82 Å². The molecule has 8 nitrogen and oxygen atoms in total. The van der Waals surface area contributed by atoms with Gasteiger partial charge in [0.2, 0.25) is 5.91 Å². The lowest BCUT2D eigenvalue weighted by atomic mass is 9.85. The molecule has 9 heteroatoms. The van der Waals surface area contributed by atoms with Gasteiger partial charge in [-0.15, -0.1) is 10.2 Å². The summed E-state index contributed by atoms with van der Waals surface area (Å²) in [6, 6.07) is 9.08. The van der Waals surface area contributed by atoms with Crippen molar-refractivity contribution < 1.29 is 14.3 Å². The molecule has 1 N–H and O–H groups in total. The lowest BCUT2D eigenvalue weighted by Crippen LogP contribution is -2.25. The predicted molar refractivity (Wildman–Crippen MR) is 108 cm³/mol. The highest BCUT2D eigenvalue weighted by atomic mass is 35.5. The molecule has 1 aliphatic heterocycles. The standard InChI is InChI=1S/C20H20ClN5O3/c1-4-29-14-6-5-12(9-15(14)28-3)13-10-18(27)22-20-19(13)11(2)25-26(20)17-8-7-16(21)23-24-17/h5-9,13H,4,10H2,1-3H3,(H,22,27)/t13-/m1/s1. The normalized spacial score (nSPS) is 15.6. The van der Waals surface area contributed by atoms with Crippen LogP contribution in [0.3, 0.4) is 0 Å². The Labute approximate surface area is 172 Å². The Balaban J connectivity index is 1.81. The minimum atomic E-state index is -0.169. The molecule has 4 rings (SSSR count). The molecule has 1 atom stereocenters. The number of ether oxygens (including phenoxy) is 2. The maximum absolute atomic E-state index is 12.5. The number of amides is 1. The van der Waals surface area contributed by atoms with Crippen molar-refractivity contribution in [1.29, 1.82) is 0 Å². The first-order valence-corrected chi connectivity index (χ1v) is 9.59. The second kappa shape index (κ2) is 7.71. The van der Waals surface area contributed by atoms with Crippen molar-refractivity contribution in [2.75, 3.05) is 19.0 Å². The number of halogens is 1. The van der Waals surface area contributed by atoms with Crippen LogP contribution in [0.2, 0.25) is 5.15 Å². The van der Waals surface area contributed by atoms with Gasteiger partial charge in [-0.2, -0.15) is 9.78 Å². The fraction of sp³-hybridized carbons (Fsp3) is 0.300. The van der Waals surface area contributed by atoms with E-state index < -0.39 is 0 Å². The average molecular weight is 414 g/mol. The number of methoxy groups -OCH3 is 1. The van der Waals surface area contributed by atoms with Gasteiger partial charge in [0, 0.05) is 17.9 Å². The van der Waals surface area contributed by atoms with Crippen LogP contribution in [-0.4, -0.2) is 39.6 Å². The molecule has 3 aromatic rings. The minimum absolute atomic E-state index is 0.0987. The van der Waals surface area contributed by atoms with Crippen LogP contribution in [0, 0.1) is 6.92 Å². The minimum Gasteiger partial charge on any atom is -0.493 e. The van der Waals surface area contributed by atoms with Gasteiger partial charge in [0.1, 0.15) is 5.82 Å². The Kier molecular flexibility index (Phi) is 5.10. The zero-order valence-corrected chi connectivity index (χ0v) is 17.0. The number of hydrogen-bond acceptors (Lipinski definition) is 6. The van der Waals surface area contributed by atoms with Crippen molar-refractivity contribution in [3.8, 4) is 17.3 Å². The molecule has 0 bridgehead atoms. The highest BCUT2D eigenvalue weighted by Crippen LogP contribution is 2.42. The molecule has 150 valence electrons. The maximum atomic E-state index is 12.5. The molecule has 29 heavy (non-hydrogen) atoms. The third-order valence-electron chi connectivity index (χ3n) is 4.83. The molecule has 0 aliphatic carbocycles. The van der Waals surface area contributed by atoms with Crippen LogP contribution in [0.25, 0.3) is 5.82 Å². The Morgan fingerprint density at radius 1 is 1.24 bits per heavy atom. The first-order valence-electron chi connectivity index (χ1n) is 9.21. The molecule has 2 aromatic heterocycles. The van der Waals surface area contributed by atoms with Crippen LogP contribution in [-0.2, 0) is 4.79 Å². The van der Waals surface area contributed by atoms with Crippen LogP contribution in [0.1, 0.15) is 36.1 Å². The summed E-state index contributed by atoms with van der Waals surface area (Å²) in [5, 5.41) is 15.8. The number of nitrogens with zero attached hydrogens (tertiary/aromatic N) is 4. The number of aromatic nitrogens is 4. The topological polar surface area (TPSA) is 91.2 Å². The lowest BCUT2D eigenvalue weighted by Gasteiger charge is -2.25. The number of hydrogen-bond donors (Lipinski definition) is 1. The van der Waals surface area contributed by atoms with E-state index in [9.17, 15) is 4.79 Å². The number of nitrogens with one attached hydrogen (secondary N) is 1. The number of aryl methyl sites for hydroxylation is 1. The highest BCUT2D eigenvalue weighted by molar-refractivity contribution is 6.29. The Morgan fingerprint density at radius 3 is 2.76 bits per heavy atom. The molecule has 0 radical (unpaired) electrons. The quantitative estimate of drug-likeness (QED) is 0.688. The fourth-order valence-corrected chi connectivity index (χ4v) is 3.70. The summed E-state index contributed by atoms with van der Waals surface area (Å²) in [7, 11) is 1.60. The molecular formula is C20H20ClN5O3. The van der Waals surface area contributed by atoms with Gasteiger partial charge in [-0.3, -0.25) is 4.79 Å². The second-order valence-electron chi connectivity index (χ2n) is 6.62. The molecule has 1 aliphatic rings. The summed E-state index contributed by atoms with van der Waals surface area (Å²) >= 11 is 5.84. The molecule has 0 unspecified atom stereocenters. The largest absolute Gasteiger partial charge is 0.493 e. The Hall–Kier alpha value is -3.13. The summed E-state index contributed by atoms with van der Waals surface area (Å²) in [6.07, 6.45) is 0.308. The molecule has 0 saturated carbocycles. The predicted octanol–water partition coefficient (Wildman–Crippen LogP) is 3.51. The number of rotatable bonds is 5. The lowest BCUT2D eigenvalue weighted by molar-refractivity contribution is -0.116. The van der Waals surface area contributed by atoms with E-state index in [1.54, 1.807) is 23.9 Å². The van der Waals surface area contributed by atoms with E-state index in [4.69, 9.17) is 21.1 Å². The zero-order chi connectivity index (χ0) is 20.5. The van der Waals surface area contributed by atoms with Gasteiger partial charge in [-0.05, 0) is 43.7 Å². The second-order valence-corrected chi connectivity index (χ2v) is 7.01. The van der Waals surface area contributed by atoms with E-state index >= 15 is 0 Å². The molecule has 0 spiro atoms. The molecule has 0 fully saturated rings. The summed E-state index contributed by atoms with van der Waals surface area (Å²) in [4.78, 5) is 12.5. The van der Waals surface area contributed by atoms with Crippen LogP contribution in [0.5, 0.6) is 11.5 Å². The highest BCUT2D eigenvalue weighted by Gasteiger charge is 2.33. The average Bonchev–Trinajstić information content (AvgIpc) is 3.04. The first-order chi connectivity index (χ1) is 14.0. The smallest absolute Gasteiger partial charge is 0.226 e. The third-order valence-corrected chi connectivity index (χ3v) is 5.03. The number of anilines is 1. The van der Waals surface area contributed by atoms with Crippen molar-refractivity contribution in [3.05, 3.63) is 52.3 Å². The first kappa shape index (κ1) is 19.2. The molecule has 1 aromatic carbocycles. The van der Waals surface area contributed by atoms with E-state index in [2.05, 4.69) is 20.6 Å². The number of carbonyl (C=O) groups is 1. The van der Waals surface area contributed by atoms with Gasteiger partial charge in [-0.1, -0.05) is 17.7 Å². The summed E-state index contributed by atoms with van der Waals surface area (Å²) in [5.74, 6) is 2.10. The number of fused-ring (bicyclic) bond motifs is 1. The van der Waals surface area contributed by atoms with Crippen molar-refractivity contribution in [2.24, 2.45) is 0 Å². The van der Waals surface area contributed by atoms with Gasteiger partial charge >= 0.3 is 0 Å². The van der Waals surface area contributed by atoms with Gasteiger partial charge in [0.15, 0.2) is 22.5 Å². The van der Waals surface area contributed by atoms with Crippen LogP contribution in [0.15, 0.2) is 30.3 Å². The third kappa shape index (κ3) is 3.51. The van der Waals surface area contributed by atoms with Gasteiger partial charge in [0.25, 0.3) is 0 Å². The molecule has 3 heterocycles. The number of benzene rings is 1. The molecule has 0 saturated heterocycles. The van der Waals surface area contributed by atoms with Crippen molar-refractivity contribution in [1.82, 2.24) is 20.0 Å². The van der Waals surface area contributed by atoms with E-state index in [0.717, 1.165) is 16.8 Å². The number of carbonyl (C=O) groups excluding carboxylic acids is 1. The van der Waals surface area contributed by atoms with Crippen LogP contribution >= 0.6 is 11.6 Å². The molecule has 1 amide bonds. The van der Waals surface area contributed by atoms with Gasteiger partial charge in [0.05, 0.1) is 19.4 Å². The van der Waals surface area contributed by atoms with E-state index in [1.165, 1.54) is 0 Å². The fourth-order valence-electron chi connectivity index (χ4n) is 3.60. The van der Waals surface area contributed by atoms with Crippen molar-refractivity contribution in [2.45, 2.75) is 26.2 Å². The van der Waals surface area contributed by atoms with Crippen LogP contribution < -0.4 is 14.8 Å². The van der Waals surface area contributed by atoms with E-state index in [-0.39, 0.29) is 17.0 Å². The van der Waals surface area contributed by atoms with E-state index in [0.29, 0.717) is 36.2 Å². The molecular weight excluding hydrogens is 394 g/mol. The van der Waals surface area contributed by atoms with Gasteiger partial charge < -0.3 is 14.8 Å². The summed E-state index contributed by atoms with van der Waals surface area (Å²) in [5.41, 5.74) is 2.69. The monoisotopic (exact) mass is 413 g/mol. The summed E-state index contributed by atoms with van der Waals surface area (Å²) in [6.45, 7) is 4.37. The Morgan fingerprint density at radius 2 is 2.07 bits per heavy atom. The maximum Gasteiger partial charge on any atom is 0.226 e. The Bertz CT molecular complexity index is 1060. The summed E-state index contributed by atoms with van der Waals surface area (Å²) < 4.78 is 12.7.